The molecule has 2 atom stereocenters. The highest BCUT2D eigenvalue weighted by Crippen LogP contribution is 2.31. The van der Waals surface area contributed by atoms with Gasteiger partial charge in [0.05, 0.1) is 6.61 Å². The Morgan fingerprint density at radius 3 is 2.63 bits per heavy atom. The monoisotopic (exact) mass is 269 g/mol. The Kier molecular flexibility index (Phi) is 7.44. The molecule has 1 saturated carbocycles. The summed E-state index contributed by atoms with van der Waals surface area (Å²) in [5.74, 6) is 0.368. The summed E-state index contributed by atoms with van der Waals surface area (Å²) in [6, 6.07) is 0. The predicted molar refractivity (Wildman–Crippen MR) is 78.9 cm³/mol. The highest BCUT2D eigenvalue weighted by atomic mass is 16.5. The van der Waals surface area contributed by atoms with Crippen molar-refractivity contribution < 1.29 is 9.53 Å². The fourth-order valence-electron chi connectivity index (χ4n) is 2.97. The van der Waals surface area contributed by atoms with Gasteiger partial charge >= 0.3 is 5.97 Å². The first-order valence-corrected chi connectivity index (χ1v) is 8.04. The molecule has 1 fully saturated rings. The summed E-state index contributed by atoms with van der Waals surface area (Å²) in [7, 11) is 0. The predicted octanol–water partition coefficient (Wildman–Crippen LogP) is 3.80. The zero-order chi connectivity index (χ0) is 14.1. The molecule has 19 heavy (non-hydrogen) atoms. The quantitative estimate of drug-likeness (QED) is 0.538. The van der Waals surface area contributed by atoms with Crippen molar-refractivity contribution in [3.8, 4) is 0 Å². The molecule has 1 aliphatic rings. The smallest absolute Gasteiger partial charge is 0.326 e. The zero-order valence-corrected chi connectivity index (χ0v) is 12.7. The Labute approximate surface area is 118 Å². The second-order valence-corrected chi connectivity index (χ2v) is 6.26. The van der Waals surface area contributed by atoms with E-state index in [1.54, 1.807) is 0 Å². The van der Waals surface area contributed by atoms with Gasteiger partial charge in [0.1, 0.15) is 5.54 Å². The van der Waals surface area contributed by atoms with Crippen molar-refractivity contribution in [3.05, 3.63) is 0 Å². The number of rotatable bonds is 8. The second kappa shape index (κ2) is 8.57. The minimum atomic E-state index is -0.708. The summed E-state index contributed by atoms with van der Waals surface area (Å²) < 4.78 is 5.38. The van der Waals surface area contributed by atoms with Gasteiger partial charge in [-0.25, -0.2) is 0 Å². The van der Waals surface area contributed by atoms with E-state index in [-0.39, 0.29) is 5.97 Å². The Hall–Kier alpha value is -0.570. The molecule has 0 amide bonds. The third-order valence-corrected chi connectivity index (χ3v) is 4.17. The van der Waals surface area contributed by atoms with E-state index in [1.165, 1.54) is 32.1 Å². The molecule has 0 aromatic heterocycles. The van der Waals surface area contributed by atoms with E-state index in [1.807, 2.05) is 0 Å². The van der Waals surface area contributed by atoms with Gasteiger partial charge in [0.2, 0.25) is 0 Å². The fraction of sp³-hybridized carbons (Fsp3) is 0.938. The molecule has 0 saturated heterocycles. The van der Waals surface area contributed by atoms with E-state index in [4.69, 9.17) is 10.5 Å². The van der Waals surface area contributed by atoms with Crippen LogP contribution in [0.15, 0.2) is 0 Å². The summed E-state index contributed by atoms with van der Waals surface area (Å²) in [4.78, 5) is 12.1. The van der Waals surface area contributed by atoms with Crippen molar-refractivity contribution in [3.63, 3.8) is 0 Å². The summed E-state index contributed by atoms with van der Waals surface area (Å²) in [5, 5.41) is 0. The molecule has 0 spiro atoms. The van der Waals surface area contributed by atoms with E-state index < -0.39 is 5.54 Å². The fourth-order valence-corrected chi connectivity index (χ4v) is 2.97. The van der Waals surface area contributed by atoms with Crippen molar-refractivity contribution in [2.75, 3.05) is 6.61 Å². The molecule has 1 rings (SSSR count). The Morgan fingerprint density at radius 1 is 1.26 bits per heavy atom. The van der Waals surface area contributed by atoms with Gasteiger partial charge in [0, 0.05) is 0 Å². The van der Waals surface area contributed by atoms with Gasteiger partial charge in [0.25, 0.3) is 0 Å². The van der Waals surface area contributed by atoms with Crippen molar-refractivity contribution in [2.45, 2.75) is 83.6 Å². The molecule has 112 valence electrons. The van der Waals surface area contributed by atoms with E-state index in [9.17, 15) is 4.79 Å². The molecule has 0 bridgehead atoms. The SMILES string of the molecule is CCCCCCCCOC(=O)C1(N)CCCC(C)C1. The number of unbranched alkanes of at least 4 members (excludes halogenated alkanes) is 5. The Bertz CT molecular complexity index is 267. The third kappa shape index (κ3) is 5.94. The number of carbonyl (C=O) groups excluding carboxylic acids is 1. The van der Waals surface area contributed by atoms with Crippen LogP contribution in [0.4, 0.5) is 0 Å². The van der Waals surface area contributed by atoms with Gasteiger partial charge in [0.15, 0.2) is 0 Å². The molecule has 0 aromatic rings. The highest BCUT2D eigenvalue weighted by molar-refractivity contribution is 5.80. The van der Waals surface area contributed by atoms with Gasteiger partial charge in [-0.1, -0.05) is 58.8 Å². The number of hydrogen-bond donors (Lipinski definition) is 1. The van der Waals surface area contributed by atoms with Gasteiger partial charge in [-0.2, -0.15) is 0 Å². The molecule has 3 heteroatoms. The maximum Gasteiger partial charge on any atom is 0.326 e. The number of esters is 1. The molecule has 3 nitrogen and oxygen atoms in total. The van der Waals surface area contributed by atoms with Crippen LogP contribution in [0.2, 0.25) is 0 Å². The largest absolute Gasteiger partial charge is 0.464 e. The molecular weight excluding hydrogens is 238 g/mol. The molecule has 0 heterocycles. The lowest BCUT2D eigenvalue weighted by Gasteiger charge is -2.34. The molecule has 1 aliphatic carbocycles. The van der Waals surface area contributed by atoms with Crippen molar-refractivity contribution in [1.29, 1.82) is 0 Å². The molecular formula is C16H31NO2. The minimum absolute atomic E-state index is 0.174. The van der Waals surface area contributed by atoms with Crippen molar-refractivity contribution in [1.82, 2.24) is 0 Å². The molecule has 0 aliphatic heterocycles. The average Bonchev–Trinajstić information content (AvgIpc) is 2.37. The summed E-state index contributed by atoms with van der Waals surface area (Å²) in [5.41, 5.74) is 5.49. The van der Waals surface area contributed by atoms with Gasteiger partial charge in [-0.3, -0.25) is 4.79 Å². The minimum Gasteiger partial charge on any atom is -0.464 e. The maximum absolute atomic E-state index is 12.1. The van der Waals surface area contributed by atoms with Crippen LogP contribution in [0.25, 0.3) is 0 Å². The maximum atomic E-state index is 12.1. The first-order chi connectivity index (χ1) is 9.08. The molecule has 2 unspecified atom stereocenters. The van der Waals surface area contributed by atoms with Crippen LogP contribution < -0.4 is 5.73 Å². The van der Waals surface area contributed by atoms with Gasteiger partial charge < -0.3 is 10.5 Å². The first kappa shape index (κ1) is 16.5. The molecule has 2 N–H and O–H groups in total. The second-order valence-electron chi connectivity index (χ2n) is 6.26. The summed E-state index contributed by atoms with van der Waals surface area (Å²) in [6.45, 7) is 4.92. The van der Waals surface area contributed by atoms with Crippen LogP contribution in [0.1, 0.15) is 78.1 Å². The number of carbonyl (C=O) groups is 1. The lowest BCUT2D eigenvalue weighted by Crippen LogP contribution is -2.52. The lowest BCUT2D eigenvalue weighted by atomic mass is 9.77. The number of nitrogens with two attached hydrogens (primary N) is 1. The summed E-state index contributed by atoms with van der Waals surface area (Å²) in [6.07, 6.45) is 11.0. The molecule has 0 aromatic carbocycles. The van der Waals surface area contributed by atoms with Crippen LogP contribution in [0.5, 0.6) is 0 Å². The number of hydrogen-bond acceptors (Lipinski definition) is 3. The number of ether oxygens (including phenoxy) is 1. The van der Waals surface area contributed by atoms with Crippen LogP contribution in [0.3, 0.4) is 0 Å². The zero-order valence-electron chi connectivity index (χ0n) is 12.7. The van der Waals surface area contributed by atoms with Crippen LogP contribution in [-0.4, -0.2) is 18.1 Å². The topological polar surface area (TPSA) is 52.3 Å². The Morgan fingerprint density at radius 2 is 1.95 bits per heavy atom. The normalized spacial score (nSPS) is 27.2. The van der Waals surface area contributed by atoms with Crippen molar-refractivity contribution >= 4 is 5.97 Å². The van der Waals surface area contributed by atoms with Crippen LogP contribution in [0, 0.1) is 5.92 Å². The van der Waals surface area contributed by atoms with Gasteiger partial charge in [-0.15, -0.1) is 0 Å². The van der Waals surface area contributed by atoms with Gasteiger partial charge in [-0.05, 0) is 25.2 Å². The first-order valence-electron chi connectivity index (χ1n) is 8.04. The van der Waals surface area contributed by atoms with E-state index in [0.29, 0.717) is 12.5 Å². The Balaban J connectivity index is 2.13. The van der Waals surface area contributed by atoms with E-state index in [2.05, 4.69) is 13.8 Å². The average molecular weight is 269 g/mol. The van der Waals surface area contributed by atoms with E-state index >= 15 is 0 Å². The highest BCUT2D eigenvalue weighted by Gasteiger charge is 2.39. The standard InChI is InChI=1S/C16H31NO2/c1-3-4-5-6-7-8-12-19-15(18)16(17)11-9-10-14(2)13-16/h14H,3-13,17H2,1-2H3. The lowest BCUT2D eigenvalue weighted by molar-refractivity contribution is -0.152. The van der Waals surface area contributed by atoms with E-state index in [0.717, 1.165) is 32.1 Å². The van der Waals surface area contributed by atoms with Crippen LogP contribution >= 0.6 is 0 Å². The van der Waals surface area contributed by atoms with Crippen LogP contribution in [-0.2, 0) is 9.53 Å². The third-order valence-electron chi connectivity index (χ3n) is 4.17. The summed E-state index contributed by atoms with van der Waals surface area (Å²) >= 11 is 0. The molecule has 0 radical (unpaired) electrons. The van der Waals surface area contributed by atoms with Crippen molar-refractivity contribution in [2.24, 2.45) is 11.7 Å².